The summed E-state index contributed by atoms with van der Waals surface area (Å²) in [5.74, 6) is 0. The Kier molecular flexibility index (Phi) is 5.90. The number of aromatic nitrogens is 1. The highest BCUT2D eigenvalue weighted by Gasteiger charge is 2.13. The Morgan fingerprint density at radius 3 is 2.81 bits per heavy atom. The standard InChI is InChI=1S/C11H21N3OS/c1-4-10(11-12-5-6-16-11)13-7-9(15)8-14(2)3/h5-6,9-10,13,15H,4,7-8H2,1-3H3. The lowest BCUT2D eigenvalue weighted by Crippen LogP contribution is -2.36. The van der Waals surface area contributed by atoms with Crippen LogP contribution in [-0.4, -0.2) is 48.3 Å². The van der Waals surface area contributed by atoms with Crippen LogP contribution in [0.25, 0.3) is 0 Å². The van der Waals surface area contributed by atoms with Crippen LogP contribution in [0.4, 0.5) is 0 Å². The molecule has 0 saturated heterocycles. The first-order valence-corrected chi connectivity index (χ1v) is 6.47. The van der Waals surface area contributed by atoms with Gasteiger partial charge < -0.3 is 15.3 Å². The second kappa shape index (κ2) is 6.96. The average molecular weight is 243 g/mol. The van der Waals surface area contributed by atoms with Crippen molar-refractivity contribution in [1.29, 1.82) is 0 Å². The van der Waals surface area contributed by atoms with Crippen LogP contribution in [0.5, 0.6) is 0 Å². The molecule has 1 aromatic heterocycles. The van der Waals surface area contributed by atoms with Crippen LogP contribution in [0.1, 0.15) is 24.4 Å². The zero-order valence-electron chi connectivity index (χ0n) is 10.2. The molecular formula is C11H21N3OS. The summed E-state index contributed by atoms with van der Waals surface area (Å²) in [5, 5.41) is 16.2. The number of aliphatic hydroxyl groups is 1. The molecule has 0 fully saturated rings. The Morgan fingerprint density at radius 2 is 2.31 bits per heavy atom. The quantitative estimate of drug-likeness (QED) is 0.753. The Balaban J connectivity index is 2.35. The van der Waals surface area contributed by atoms with E-state index in [1.165, 1.54) is 0 Å². The Morgan fingerprint density at radius 1 is 1.56 bits per heavy atom. The Labute approximate surface area is 101 Å². The van der Waals surface area contributed by atoms with Gasteiger partial charge in [-0.25, -0.2) is 4.98 Å². The fourth-order valence-electron chi connectivity index (χ4n) is 1.58. The maximum Gasteiger partial charge on any atom is 0.109 e. The Hall–Kier alpha value is -0.490. The van der Waals surface area contributed by atoms with Crippen LogP contribution in [-0.2, 0) is 0 Å². The number of hydrogen-bond donors (Lipinski definition) is 2. The third kappa shape index (κ3) is 4.57. The third-order valence-electron chi connectivity index (χ3n) is 2.33. The van der Waals surface area contributed by atoms with Crippen LogP contribution >= 0.6 is 11.3 Å². The van der Waals surface area contributed by atoms with Crippen molar-refractivity contribution in [2.75, 3.05) is 27.2 Å². The second-order valence-corrected chi connectivity index (χ2v) is 5.08. The number of hydrogen-bond acceptors (Lipinski definition) is 5. The van der Waals surface area contributed by atoms with Gasteiger partial charge in [0.2, 0.25) is 0 Å². The Bertz CT molecular complexity index is 277. The van der Waals surface area contributed by atoms with Gasteiger partial charge in [0.1, 0.15) is 5.01 Å². The summed E-state index contributed by atoms with van der Waals surface area (Å²) < 4.78 is 0. The van der Waals surface area contributed by atoms with Crippen molar-refractivity contribution in [1.82, 2.24) is 15.2 Å². The van der Waals surface area contributed by atoms with E-state index in [9.17, 15) is 5.11 Å². The number of thiazole rings is 1. The summed E-state index contributed by atoms with van der Waals surface area (Å²) in [4.78, 5) is 6.27. The molecule has 5 heteroatoms. The molecule has 0 aliphatic carbocycles. The predicted molar refractivity (Wildman–Crippen MR) is 67.7 cm³/mol. The van der Waals surface area contributed by atoms with Gasteiger partial charge in [-0.3, -0.25) is 0 Å². The van der Waals surface area contributed by atoms with Gasteiger partial charge in [-0.1, -0.05) is 6.92 Å². The molecule has 1 heterocycles. The van der Waals surface area contributed by atoms with Crippen molar-refractivity contribution in [2.45, 2.75) is 25.5 Å². The molecule has 0 bridgehead atoms. The summed E-state index contributed by atoms with van der Waals surface area (Å²) in [7, 11) is 3.92. The molecule has 2 unspecified atom stereocenters. The van der Waals surface area contributed by atoms with Crippen LogP contribution in [0.15, 0.2) is 11.6 Å². The summed E-state index contributed by atoms with van der Waals surface area (Å²) in [6.07, 6.45) is 2.48. The molecule has 0 radical (unpaired) electrons. The van der Waals surface area contributed by atoms with Gasteiger partial charge in [0.25, 0.3) is 0 Å². The van der Waals surface area contributed by atoms with Crippen molar-refractivity contribution in [3.63, 3.8) is 0 Å². The molecule has 4 nitrogen and oxygen atoms in total. The number of aliphatic hydroxyl groups excluding tert-OH is 1. The summed E-state index contributed by atoms with van der Waals surface area (Å²) in [6, 6.07) is 0.261. The zero-order valence-corrected chi connectivity index (χ0v) is 11.0. The highest BCUT2D eigenvalue weighted by Crippen LogP contribution is 2.18. The minimum absolute atomic E-state index is 0.261. The van der Waals surface area contributed by atoms with Gasteiger partial charge >= 0.3 is 0 Å². The molecule has 16 heavy (non-hydrogen) atoms. The number of nitrogens with one attached hydrogen (secondary N) is 1. The zero-order chi connectivity index (χ0) is 12.0. The molecule has 2 N–H and O–H groups in total. The van der Waals surface area contributed by atoms with Crippen LogP contribution in [0.2, 0.25) is 0 Å². The molecular weight excluding hydrogens is 222 g/mol. The van der Waals surface area contributed by atoms with Crippen LogP contribution in [0.3, 0.4) is 0 Å². The highest BCUT2D eigenvalue weighted by atomic mass is 32.1. The van der Waals surface area contributed by atoms with E-state index < -0.39 is 0 Å². The molecule has 0 amide bonds. The molecule has 0 saturated carbocycles. The average Bonchev–Trinajstić information content (AvgIpc) is 2.71. The minimum Gasteiger partial charge on any atom is -0.390 e. The number of rotatable bonds is 7. The van der Waals surface area contributed by atoms with Crippen LogP contribution in [0, 0.1) is 0 Å². The normalized spacial score (nSPS) is 15.3. The maximum atomic E-state index is 9.74. The van der Waals surface area contributed by atoms with E-state index in [1.807, 2.05) is 30.6 Å². The van der Waals surface area contributed by atoms with E-state index in [2.05, 4.69) is 17.2 Å². The molecule has 1 rings (SSSR count). The molecule has 0 aromatic carbocycles. The summed E-state index contributed by atoms with van der Waals surface area (Å²) in [5.41, 5.74) is 0. The number of nitrogens with zero attached hydrogens (tertiary/aromatic N) is 2. The largest absolute Gasteiger partial charge is 0.390 e. The van der Waals surface area contributed by atoms with E-state index in [1.54, 1.807) is 11.3 Å². The first-order chi connectivity index (χ1) is 7.63. The van der Waals surface area contributed by atoms with Crippen molar-refractivity contribution < 1.29 is 5.11 Å². The van der Waals surface area contributed by atoms with E-state index in [0.717, 1.165) is 11.4 Å². The molecule has 2 atom stereocenters. The fourth-order valence-corrected chi connectivity index (χ4v) is 2.37. The third-order valence-corrected chi connectivity index (χ3v) is 3.22. The van der Waals surface area contributed by atoms with Gasteiger partial charge in [0.15, 0.2) is 0 Å². The van der Waals surface area contributed by atoms with Crippen LogP contribution < -0.4 is 5.32 Å². The van der Waals surface area contributed by atoms with Gasteiger partial charge in [-0.15, -0.1) is 11.3 Å². The lowest BCUT2D eigenvalue weighted by Gasteiger charge is -2.20. The molecule has 0 aliphatic rings. The summed E-state index contributed by atoms with van der Waals surface area (Å²) in [6.45, 7) is 3.41. The van der Waals surface area contributed by atoms with Crippen molar-refractivity contribution in [3.05, 3.63) is 16.6 Å². The van der Waals surface area contributed by atoms with Crippen molar-refractivity contribution in [2.24, 2.45) is 0 Å². The monoisotopic (exact) mass is 243 g/mol. The minimum atomic E-state index is -0.330. The van der Waals surface area contributed by atoms with E-state index >= 15 is 0 Å². The van der Waals surface area contributed by atoms with Crippen molar-refractivity contribution in [3.8, 4) is 0 Å². The molecule has 92 valence electrons. The van der Waals surface area contributed by atoms with Gasteiger partial charge in [-0.2, -0.15) is 0 Å². The van der Waals surface area contributed by atoms with E-state index in [4.69, 9.17) is 0 Å². The van der Waals surface area contributed by atoms with Gasteiger partial charge in [-0.05, 0) is 20.5 Å². The molecule has 1 aromatic rings. The second-order valence-electron chi connectivity index (χ2n) is 4.16. The fraction of sp³-hybridized carbons (Fsp3) is 0.727. The molecule has 0 aliphatic heterocycles. The van der Waals surface area contributed by atoms with Gasteiger partial charge in [0.05, 0.1) is 12.1 Å². The first kappa shape index (κ1) is 13.6. The lowest BCUT2D eigenvalue weighted by molar-refractivity contribution is 0.131. The highest BCUT2D eigenvalue weighted by molar-refractivity contribution is 7.09. The SMILES string of the molecule is CCC(NCC(O)CN(C)C)c1nccs1. The van der Waals surface area contributed by atoms with Crippen molar-refractivity contribution >= 4 is 11.3 Å². The topological polar surface area (TPSA) is 48.4 Å². The van der Waals surface area contributed by atoms with E-state index in [0.29, 0.717) is 13.1 Å². The lowest BCUT2D eigenvalue weighted by atomic mass is 10.2. The van der Waals surface area contributed by atoms with E-state index in [-0.39, 0.29) is 12.1 Å². The maximum absolute atomic E-state index is 9.74. The smallest absolute Gasteiger partial charge is 0.109 e. The predicted octanol–water partition coefficient (Wildman–Crippen LogP) is 1.11. The molecule has 0 spiro atoms. The summed E-state index contributed by atoms with van der Waals surface area (Å²) >= 11 is 1.66. The first-order valence-electron chi connectivity index (χ1n) is 5.59. The number of likely N-dealkylation sites (N-methyl/N-ethyl adjacent to an activating group) is 1. The van der Waals surface area contributed by atoms with Gasteiger partial charge in [0, 0.05) is 24.7 Å².